The average molecular weight is 368 g/mol. The number of methoxy groups -OCH3 is 1. The molecule has 0 radical (unpaired) electrons. The fourth-order valence-electron chi connectivity index (χ4n) is 1.59. The number of ether oxygens (including phenoxy) is 1. The second-order valence-corrected chi connectivity index (χ2v) is 6.37. The molecule has 0 aromatic heterocycles. The monoisotopic (exact) mass is 367 g/mol. The maximum absolute atomic E-state index is 12.2. The minimum absolute atomic E-state index is 0.0162. The number of benzene rings is 2. The van der Waals surface area contributed by atoms with Crippen LogP contribution in [0.3, 0.4) is 0 Å². The Labute approximate surface area is 131 Å². The van der Waals surface area contributed by atoms with Crippen molar-refractivity contribution in [3.05, 3.63) is 52.5 Å². The SMILES string of the molecule is COc1ccc(S(=O)(=O)Oc2cccc(C#N)c2)cc1Br. The van der Waals surface area contributed by atoms with Crippen LogP contribution in [0.4, 0.5) is 0 Å². The third-order valence-corrected chi connectivity index (χ3v) is 4.44. The summed E-state index contributed by atoms with van der Waals surface area (Å²) in [6.07, 6.45) is 0. The molecule has 0 atom stereocenters. The zero-order valence-electron chi connectivity index (χ0n) is 10.9. The zero-order valence-corrected chi connectivity index (χ0v) is 13.3. The Kier molecular flexibility index (Phi) is 4.50. The molecule has 108 valence electrons. The minimum Gasteiger partial charge on any atom is -0.496 e. The third kappa shape index (κ3) is 3.54. The Hall–Kier alpha value is -2.04. The Morgan fingerprint density at radius 1 is 1.19 bits per heavy atom. The molecule has 21 heavy (non-hydrogen) atoms. The van der Waals surface area contributed by atoms with Gasteiger partial charge in [-0.1, -0.05) is 6.07 Å². The van der Waals surface area contributed by atoms with Crippen molar-refractivity contribution in [2.45, 2.75) is 4.90 Å². The predicted molar refractivity (Wildman–Crippen MR) is 79.7 cm³/mol. The summed E-state index contributed by atoms with van der Waals surface area (Å²) < 4.78 is 34.9. The summed E-state index contributed by atoms with van der Waals surface area (Å²) >= 11 is 3.22. The van der Waals surface area contributed by atoms with Gasteiger partial charge < -0.3 is 8.92 Å². The quantitative estimate of drug-likeness (QED) is 0.776. The molecule has 0 aliphatic rings. The van der Waals surface area contributed by atoms with E-state index in [2.05, 4.69) is 15.9 Å². The summed E-state index contributed by atoms with van der Waals surface area (Å²) in [5.41, 5.74) is 0.318. The van der Waals surface area contributed by atoms with E-state index in [-0.39, 0.29) is 10.6 Å². The van der Waals surface area contributed by atoms with Gasteiger partial charge in [-0.3, -0.25) is 0 Å². The lowest BCUT2D eigenvalue weighted by molar-refractivity contribution is 0.411. The van der Waals surface area contributed by atoms with Crippen molar-refractivity contribution in [1.82, 2.24) is 0 Å². The van der Waals surface area contributed by atoms with Gasteiger partial charge in [-0.2, -0.15) is 13.7 Å². The number of rotatable bonds is 4. The van der Waals surface area contributed by atoms with Crippen LogP contribution in [0.1, 0.15) is 5.56 Å². The molecular formula is C14H10BrNO4S. The van der Waals surface area contributed by atoms with Crippen molar-refractivity contribution in [3.63, 3.8) is 0 Å². The first-order valence-electron chi connectivity index (χ1n) is 5.74. The molecule has 0 fully saturated rings. The lowest BCUT2D eigenvalue weighted by Crippen LogP contribution is -2.10. The Morgan fingerprint density at radius 2 is 1.95 bits per heavy atom. The topological polar surface area (TPSA) is 76.4 Å². The van der Waals surface area contributed by atoms with Crippen LogP contribution >= 0.6 is 15.9 Å². The lowest BCUT2D eigenvalue weighted by Gasteiger charge is -2.09. The highest BCUT2D eigenvalue weighted by atomic mass is 79.9. The molecule has 2 aromatic carbocycles. The molecule has 0 heterocycles. The number of nitriles is 1. The Bertz CT molecular complexity index is 812. The fraction of sp³-hybridized carbons (Fsp3) is 0.0714. The maximum atomic E-state index is 12.2. The zero-order chi connectivity index (χ0) is 15.5. The van der Waals surface area contributed by atoms with E-state index in [1.54, 1.807) is 12.1 Å². The first-order valence-corrected chi connectivity index (χ1v) is 7.94. The molecule has 0 aliphatic carbocycles. The van der Waals surface area contributed by atoms with E-state index in [0.717, 1.165) is 0 Å². The van der Waals surface area contributed by atoms with E-state index in [1.807, 2.05) is 6.07 Å². The molecular weight excluding hydrogens is 358 g/mol. The van der Waals surface area contributed by atoms with Crippen LogP contribution in [0.2, 0.25) is 0 Å². The van der Waals surface area contributed by atoms with E-state index in [4.69, 9.17) is 14.2 Å². The van der Waals surface area contributed by atoms with Gasteiger partial charge in [-0.15, -0.1) is 0 Å². The van der Waals surface area contributed by atoms with E-state index >= 15 is 0 Å². The Morgan fingerprint density at radius 3 is 2.57 bits per heavy atom. The summed E-state index contributed by atoms with van der Waals surface area (Å²) in [5, 5.41) is 8.80. The molecule has 2 rings (SSSR count). The van der Waals surface area contributed by atoms with Crippen LogP contribution in [0, 0.1) is 11.3 Å². The van der Waals surface area contributed by atoms with Gasteiger partial charge in [0, 0.05) is 0 Å². The van der Waals surface area contributed by atoms with E-state index in [1.165, 1.54) is 37.4 Å². The van der Waals surface area contributed by atoms with Gasteiger partial charge in [0.05, 0.1) is 23.2 Å². The first kappa shape index (κ1) is 15.4. The molecule has 0 N–H and O–H groups in total. The van der Waals surface area contributed by atoms with Crippen LogP contribution in [-0.2, 0) is 10.1 Å². The smallest absolute Gasteiger partial charge is 0.339 e. The number of halogens is 1. The molecule has 7 heteroatoms. The summed E-state index contributed by atoms with van der Waals surface area (Å²) in [4.78, 5) is -0.0162. The largest absolute Gasteiger partial charge is 0.496 e. The predicted octanol–water partition coefficient (Wildman–Crippen LogP) is 3.10. The molecule has 0 spiro atoms. The maximum Gasteiger partial charge on any atom is 0.339 e. The van der Waals surface area contributed by atoms with Crippen molar-refractivity contribution in [2.24, 2.45) is 0 Å². The molecule has 0 saturated carbocycles. The van der Waals surface area contributed by atoms with Crippen molar-refractivity contribution < 1.29 is 17.3 Å². The highest BCUT2D eigenvalue weighted by Crippen LogP contribution is 2.28. The molecule has 0 aliphatic heterocycles. The van der Waals surface area contributed by atoms with Gasteiger partial charge in [0.2, 0.25) is 0 Å². The molecule has 0 unspecified atom stereocenters. The summed E-state index contributed by atoms with van der Waals surface area (Å²) in [6, 6.07) is 12.1. The van der Waals surface area contributed by atoms with Crippen molar-refractivity contribution >= 4 is 26.0 Å². The van der Waals surface area contributed by atoms with Crippen LogP contribution in [0.25, 0.3) is 0 Å². The second kappa shape index (κ2) is 6.16. The van der Waals surface area contributed by atoms with Crippen molar-refractivity contribution in [3.8, 4) is 17.6 Å². The van der Waals surface area contributed by atoms with Gasteiger partial charge >= 0.3 is 10.1 Å². The highest BCUT2D eigenvalue weighted by molar-refractivity contribution is 9.10. The standard InChI is InChI=1S/C14H10BrNO4S/c1-19-14-6-5-12(8-13(14)15)21(17,18)20-11-4-2-3-10(7-11)9-16/h2-8H,1H3. The van der Waals surface area contributed by atoms with Crippen LogP contribution in [0.15, 0.2) is 51.8 Å². The van der Waals surface area contributed by atoms with Gasteiger partial charge in [0.1, 0.15) is 16.4 Å². The van der Waals surface area contributed by atoms with Gasteiger partial charge in [-0.05, 0) is 52.3 Å². The van der Waals surface area contributed by atoms with Gasteiger partial charge in [-0.25, -0.2) is 0 Å². The fourth-order valence-corrected chi connectivity index (χ4v) is 3.24. The molecule has 0 bridgehead atoms. The average Bonchev–Trinajstić information content (AvgIpc) is 2.47. The van der Waals surface area contributed by atoms with E-state index in [9.17, 15) is 8.42 Å². The van der Waals surface area contributed by atoms with Crippen LogP contribution < -0.4 is 8.92 Å². The van der Waals surface area contributed by atoms with Gasteiger partial charge in [0.25, 0.3) is 0 Å². The van der Waals surface area contributed by atoms with Crippen LogP contribution in [0.5, 0.6) is 11.5 Å². The van der Waals surface area contributed by atoms with Crippen LogP contribution in [-0.4, -0.2) is 15.5 Å². The second-order valence-electron chi connectivity index (χ2n) is 3.97. The number of hydrogen-bond acceptors (Lipinski definition) is 5. The molecule has 0 saturated heterocycles. The van der Waals surface area contributed by atoms with E-state index < -0.39 is 10.1 Å². The normalized spacial score (nSPS) is 10.7. The molecule has 0 amide bonds. The lowest BCUT2D eigenvalue weighted by atomic mass is 10.2. The summed E-state index contributed by atoms with van der Waals surface area (Å²) in [7, 11) is -2.50. The summed E-state index contributed by atoms with van der Waals surface area (Å²) in [6.45, 7) is 0. The Balaban J connectivity index is 2.34. The number of nitrogens with zero attached hydrogens (tertiary/aromatic N) is 1. The first-order chi connectivity index (χ1) is 9.96. The molecule has 2 aromatic rings. The van der Waals surface area contributed by atoms with Crippen molar-refractivity contribution in [2.75, 3.05) is 7.11 Å². The summed E-state index contributed by atoms with van der Waals surface area (Å²) in [5.74, 6) is 0.599. The number of hydrogen-bond donors (Lipinski definition) is 0. The highest BCUT2D eigenvalue weighted by Gasteiger charge is 2.18. The van der Waals surface area contributed by atoms with Crippen molar-refractivity contribution in [1.29, 1.82) is 5.26 Å². The molecule has 5 nitrogen and oxygen atoms in total. The van der Waals surface area contributed by atoms with Gasteiger partial charge in [0.15, 0.2) is 0 Å². The van der Waals surface area contributed by atoms with E-state index in [0.29, 0.717) is 15.8 Å². The third-order valence-electron chi connectivity index (χ3n) is 2.58. The minimum atomic E-state index is -3.98.